The quantitative estimate of drug-likeness (QED) is 0.511. The lowest BCUT2D eigenvalue weighted by molar-refractivity contribution is -0.384. The van der Waals surface area contributed by atoms with Crippen LogP contribution < -0.4 is 5.56 Å². The van der Waals surface area contributed by atoms with Crippen molar-refractivity contribution in [1.29, 1.82) is 0 Å². The standard InChI is InChI=1S/C18H16ClN3O3/c1-2-5-17-20-16-9-8-13(22(24)25)10-14(16)18(23)21(17)11-12-6-3-4-7-15(12)19/h3-4,6-10H,2,5,11H2,1H3. The fourth-order valence-corrected chi connectivity index (χ4v) is 2.94. The van der Waals surface area contributed by atoms with Crippen molar-refractivity contribution in [3.8, 4) is 0 Å². The molecule has 0 aliphatic rings. The molecule has 3 rings (SSSR count). The van der Waals surface area contributed by atoms with Gasteiger partial charge in [-0.2, -0.15) is 0 Å². The van der Waals surface area contributed by atoms with Crippen molar-refractivity contribution >= 4 is 28.2 Å². The molecule has 0 N–H and O–H groups in total. The van der Waals surface area contributed by atoms with E-state index in [9.17, 15) is 14.9 Å². The van der Waals surface area contributed by atoms with Crippen LogP contribution in [0.2, 0.25) is 5.02 Å². The molecule has 2 aromatic carbocycles. The molecule has 0 saturated heterocycles. The number of hydrogen-bond acceptors (Lipinski definition) is 4. The van der Waals surface area contributed by atoms with Crippen LogP contribution in [0.4, 0.5) is 5.69 Å². The zero-order valence-electron chi connectivity index (χ0n) is 13.6. The van der Waals surface area contributed by atoms with E-state index in [2.05, 4.69) is 4.98 Å². The zero-order chi connectivity index (χ0) is 18.0. The molecule has 0 saturated carbocycles. The van der Waals surface area contributed by atoms with Gasteiger partial charge in [0, 0.05) is 23.6 Å². The van der Waals surface area contributed by atoms with Crippen LogP contribution in [0.15, 0.2) is 47.3 Å². The summed E-state index contributed by atoms with van der Waals surface area (Å²) in [5.74, 6) is 0.647. The Morgan fingerprint density at radius 3 is 2.68 bits per heavy atom. The highest BCUT2D eigenvalue weighted by Gasteiger charge is 2.15. The monoisotopic (exact) mass is 357 g/mol. The van der Waals surface area contributed by atoms with Crippen LogP contribution in [0.5, 0.6) is 0 Å². The molecule has 0 spiro atoms. The Morgan fingerprint density at radius 1 is 1.24 bits per heavy atom. The second-order valence-electron chi connectivity index (χ2n) is 5.72. The minimum Gasteiger partial charge on any atom is -0.292 e. The first-order valence-corrected chi connectivity index (χ1v) is 8.30. The lowest BCUT2D eigenvalue weighted by atomic mass is 10.1. The summed E-state index contributed by atoms with van der Waals surface area (Å²) in [6, 6.07) is 11.5. The number of nitro benzene ring substituents is 1. The first-order valence-electron chi connectivity index (χ1n) is 7.92. The van der Waals surface area contributed by atoms with E-state index in [0.29, 0.717) is 22.8 Å². The molecule has 1 aromatic heterocycles. The fraction of sp³-hybridized carbons (Fsp3) is 0.222. The van der Waals surface area contributed by atoms with Gasteiger partial charge in [-0.25, -0.2) is 4.98 Å². The van der Waals surface area contributed by atoms with Crippen molar-refractivity contribution in [2.45, 2.75) is 26.3 Å². The molecule has 0 amide bonds. The van der Waals surface area contributed by atoms with Crippen molar-refractivity contribution in [2.24, 2.45) is 0 Å². The fourth-order valence-electron chi connectivity index (χ4n) is 2.74. The number of fused-ring (bicyclic) bond motifs is 1. The van der Waals surface area contributed by atoms with Gasteiger partial charge in [0.2, 0.25) is 0 Å². The molecule has 0 aliphatic heterocycles. The molecule has 0 aliphatic carbocycles. The molecule has 1 heterocycles. The highest BCUT2D eigenvalue weighted by atomic mass is 35.5. The Hall–Kier alpha value is -2.73. The van der Waals surface area contributed by atoms with Gasteiger partial charge >= 0.3 is 0 Å². The summed E-state index contributed by atoms with van der Waals surface area (Å²) in [5.41, 5.74) is 0.848. The van der Waals surface area contributed by atoms with Gasteiger partial charge in [0.25, 0.3) is 11.2 Å². The van der Waals surface area contributed by atoms with Crippen LogP contribution in [0.1, 0.15) is 24.7 Å². The average molecular weight is 358 g/mol. The molecular formula is C18H16ClN3O3. The van der Waals surface area contributed by atoms with Crippen LogP contribution >= 0.6 is 11.6 Å². The van der Waals surface area contributed by atoms with Gasteiger partial charge in [0.1, 0.15) is 5.82 Å². The van der Waals surface area contributed by atoms with E-state index in [-0.39, 0.29) is 23.2 Å². The number of non-ortho nitro benzene ring substituents is 1. The smallest absolute Gasteiger partial charge is 0.270 e. The molecule has 0 fully saturated rings. The van der Waals surface area contributed by atoms with Gasteiger partial charge in [-0.3, -0.25) is 19.5 Å². The molecule has 0 radical (unpaired) electrons. The molecule has 0 unspecified atom stereocenters. The topological polar surface area (TPSA) is 78.0 Å². The first kappa shape index (κ1) is 17.1. The number of rotatable bonds is 5. The van der Waals surface area contributed by atoms with E-state index < -0.39 is 4.92 Å². The van der Waals surface area contributed by atoms with Gasteiger partial charge in [0.15, 0.2) is 0 Å². The molecule has 128 valence electrons. The van der Waals surface area contributed by atoms with E-state index in [0.717, 1.165) is 12.0 Å². The van der Waals surface area contributed by atoms with Gasteiger partial charge in [-0.05, 0) is 24.1 Å². The zero-order valence-corrected chi connectivity index (χ0v) is 14.4. The third kappa shape index (κ3) is 3.39. The molecule has 7 heteroatoms. The number of aryl methyl sites for hydroxylation is 1. The van der Waals surface area contributed by atoms with Crippen LogP contribution in [-0.4, -0.2) is 14.5 Å². The molecule has 0 bridgehead atoms. The number of benzene rings is 2. The summed E-state index contributed by atoms with van der Waals surface area (Å²) in [6.07, 6.45) is 1.46. The average Bonchev–Trinajstić information content (AvgIpc) is 2.59. The Balaban J connectivity index is 2.22. The molecular weight excluding hydrogens is 342 g/mol. The van der Waals surface area contributed by atoms with Gasteiger partial charge in [0.05, 0.1) is 22.4 Å². The van der Waals surface area contributed by atoms with Crippen molar-refractivity contribution < 1.29 is 4.92 Å². The lowest BCUT2D eigenvalue weighted by Crippen LogP contribution is -2.26. The lowest BCUT2D eigenvalue weighted by Gasteiger charge is -2.14. The summed E-state index contributed by atoms with van der Waals surface area (Å²) in [5, 5.41) is 11.8. The van der Waals surface area contributed by atoms with Crippen molar-refractivity contribution in [2.75, 3.05) is 0 Å². The van der Waals surface area contributed by atoms with E-state index >= 15 is 0 Å². The summed E-state index contributed by atoms with van der Waals surface area (Å²) < 4.78 is 1.55. The predicted octanol–water partition coefficient (Wildman–Crippen LogP) is 3.96. The number of hydrogen-bond donors (Lipinski definition) is 0. The summed E-state index contributed by atoms with van der Waals surface area (Å²) in [7, 11) is 0. The van der Waals surface area contributed by atoms with Crippen molar-refractivity contribution in [3.05, 3.63) is 79.3 Å². The van der Waals surface area contributed by atoms with E-state index in [1.807, 2.05) is 25.1 Å². The third-order valence-corrected chi connectivity index (χ3v) is 4.36. The highest BCUT2D eigenvalue weighted by Crippen LogP contribution is 2.20. The second-order valence-corrected chi connectivity index (χ2v) is 6.13. The van der Waals surface area contributed by atoms with Gasteiger partial charge in [-0.1, -0.05) is 36.7 Å². The summed E-state index contributed by atoms with van der Waals surface area (Å²) in [4.78, 5) is 28.0. The molecule has 25 heavy (non-hydrogen) atoms. The Morgan fingerprint density at radius 2 is 2.00 bits per heavy atom. The normalized spacial score (nSPS) is 11.0. The minimum atomic E-state index is -0.517. The highest BCUT2D eigenvalue weighted by molar-refractivity contribution is 6.31. The van der Waals surface area contributed by atoms with E-state index in [4.69, 9.17) is 11.6 Å². The van der Waals surface area contributed by atoms with Gasteiger partial charge < -0.3 is 0 Å². The SMILES string of the molecule is CCCc1nc2ccc([N+](=O)[O-])cc2c(=O)n1Cc1ccccc1Cl. The Labute approximate surface area is 148 Å². The van der Waals surface area contributed by atoms with Gasteiger partial charge in [-0.15, -0.1) is 0 Å². The summed E-state index contributed by atoms with van der Waals surface area (Å²) in [6.45, 7) is 2.28. The second kappa shape index (κ2) is 7.03. The van der Waals surface area contributed by atoms with Crippen LogP contribution in [0.3, 0.4) is 0 Å². The molecule has 6 nitrogen and oxygen atoms in total. The predicted molar refractivity (Wildman–Crippen MR) is 97.2 cm³/mol. The number of nitro groups is 1. The maximum atomic E-state index is 13.0. The van der Waals surface area contributed by atoms with Crippen LogP contribution in [-0.2, 0) is 13.0 Å². The maximum Gasteiger partial charge on any atom is 0.270 e. The summed E-state index contributed by atoms with van der Waals surface area (Å²) >= 11 is 6.22. The van der Waals surface area contributed by atoms with E-state index in [1.54, 1.807) is 10.6 Å². The number of aromatic nitrogens is 2. The Kier molecular flexibility index (Phi) is 4.81. The number of halogens is 1. The Bertz CT molecular complexity index is 1010. The number of nitrogens with zero attached hydrogens (tertiary/aromatic N) is 3. The largest absolute Gasteiger partial charge is 0.292 e. The first-order chi connectivity index (χ1) is 12.0. The van der Waals surface area contributed by atoms with Crippen LogP contribution in [0.25, 0.3) is 10.9 Å². The molecule has 3 aromatic rings. The van der Waals surface area contributed by atoms with Crippen molar-refractivity contribution in [3.63, 3.8) is 0 Å². The maximum absolute atomic E-state index is 13.0. The van der Waals surface area contributed by atoms with Crippen LogP contribution in [0, 0.1) is 10.1 Å². The third-order valence-electron chi connectivity index (χ3n) is 3.99. The van der Waals surface area contributed by atoms with E-state index in [1.165, 1.54) is 18.2 Å². The minimum absolute atomic E-state index is 0.126. The van der Waals surface area contributed by atoms with Crippen molar-refractivity contribution in [1.82, 2.24) is 9.55 Å². The molecule has 0 atom stereocenters.